The van der Waals surface area contributed by atoms with E-state index in [2.05, 4.69) is 11.2 Å². The normalized spacial score (nSPS) is 15.6. The Labute approximate surface area is 167 Å². The second-order valence-corrected chi connectivity index (χ2v) is 6.60. The Hall–Kier alpha value is -1.58. The van der Waals surface area contributed by atoms with Gasteiger partial charge in [0.15, 0.2) is 0 Å². The molecule has 1 rings (SSSR count). The molecule has 1 fully saturated rings. The van der Waals surface area contributed by atoms with Crippen LogP contribution in [0, 0.1) is 12.3 Å². The van der Waals surface area contributed by atoms with Crippen molar-refractivity contribution >= 4 is 11.8 Å². The maximum atomic E-state index is 12.2. The summed E-state index contributed by atoms with van der Waals surface area (Å²) in [4.78, 5) is 25.6. The SMILES string of the molecule is C.C.C#CCOCCC(=O)NCCCCCC(=O)N1CC[C@H](OC(C)C)C1.[HH]. The summed E-state index contributed by atoms with van der Waals surface area (Å²) in [6.45, 7) is 6.78. The first-order valence-electron chi connectivity index (χ1n) is 9.24. The fourth-order valence-electron chi connectivity index (χ4n) is 2.80. The Morgan fingerprint density at radius 1 is 1.26 bits per heavy atom. The van der Waals surface area contributed by atoms with Gasteiger partial charge in [-0.15, -0.1) is 6.42 Å². The number of nitrogens with zero attached hydrogens (tertiary/aromatic N) is 1. The van der Waals surface area contributed by atoms with Crippen molar-refractivity contribution < 1.29 is 20.5 Å². The third-order valence-corrected chi connectivity index (χ3v) is 4.01. The van der Waals surface area contributed by atoms with Crippen LogP contribution in [0.2, 0.25) is 0 Å². The van der Waals surface area contributed by atoms with E-state index in [1.165, 1.54) is 0 Å². The molecule has 1 N–H and O–H groups in total. The molecule has 1 aliphatic heterocycles. The molecule has 1 atom stereocenters. The summed E-state index contributed by atoms with van der Waals surface area (Å²) in [5, 5.41) is 2.84. The summed E-state index contributed by atoms with van der Waals surface area (Å²) in [5.74, 6) is 2.54. The van der Waals surface area contributed by atoms with E-state index in [0.717, 1.165) is 38.8 Å². The van der Waals surface area contributed by atoms with E-state index in [-0.39, 0.29) is 46.9 Å². The van der Waals surface area contributed by atoms with Crippen LogP contribution in [0.5, 0.6) is 0 Å². The second-order valence-electron chi connectivity index (χ2n) is 6.60. The highest BCUT2D eigenvalue weighted by Gasteiger charge is 2.26. The molecule has 0 aliphatic carbocycles. The van der Waals surface area contributed by atoms with Gasteiger partial charge >= 0.3 is 0 Å². The summed E-state index contributed by atoms with van der Waals surface area (Å²) in [5.41, 5.74) is 0. The maximum absolute atomic E-state index is 12.2. The zero-order chi connectivity index (χ0) is 18.5. The van der Waals surface area contributed by atoms with Crippen LogP contribution in [-0.2, 0) is 19.1 Å². The van der Waals surface area contributed by atoms with E-state index in [4.69, 9.17) is 15.9 Å². The number of hydrogen-bond donors (Lipinski definition) is 1. The minimum absolute atomic E-state index is 0. The lowest BCUT2D eigenvalue weighted by Crippen LogP contribution is -2.30. The highest BCUT2D eigenvalue weighted by Crippen LogP contribution is 2.16. The molecular weight excluding hydrogens is 344 g/mol. The predicted octanol–water partition coefficient (Wildman–Crippen LogP) is 3.25. The van der Waals surface area contributed by atoms with Crippen LogP contribution < -0.4 is 5.32 Å². The minimum Gasteiger partial charge on any atom is -0.374 e. The van der Waals surface area contributed by atoms with Gasteiger partial charge in [-0.1, -0.05) is 27.2 Å². The lowest BCUT2D eigenvalue weighted by atomic mass is 10.2. The standard InChI is InChI=1S/C19H32N2O4.2CH4.H2/c1-4-13-24-14-10-18(22)20-11-7-5-6-8-19(23)21-12-9-17(15-21)25-16(2)3;;;/h1,16-17H,5-15H2,2-3H3,(H,20,22);2*1H4;1H/t17-;;;/m0.../s1. The number of amides is 2. The molecule has 1 saturated heterocycles. The van der Waals surface area contributed by atoms with Crippen LogP contribution in [0.25, 0.3) is 0 Å². The van der Waals surface area contributed by atoms with Crippen LogP contribution in [0.15, 0.2) is 0 Å². The van der Waals surface area contributed by atoms with Gasteiger partial charge in [-0.2, -0.15) is 0 Å². The fraction of sp³-hybridized carbons (Fsp3) is 0.810. The third kappa shape index (κ3) is 13.3. The molecule has 1 aliphatic rings. The number of ether oxygens (including phenoxy) is 2. The second kappa shape index (κ2) is 16.6. The zero-order valence-electron chi connectivity index (χ0n) is 15.6. The summed E-state index contributed by atoms with van der Waals surface area (Å²) in [6.07, 6.45) is 9.93. The van der Waals surface area contributed by atoms with Crippen molar-refractivity contribution in [3.05, 3.63) is 0 Å². The Balaban J connectivity index is -0.00000208. The van der Waals surface area contributed by atoms with Crippen LogP contribution in [0.3, 0.4) is 0 Å². The van der Waals surface area contributed by atoms with Gasteiger partial charge < -0.3 is 19.7 Å². The Morgan fingerprint density at radius 2 is 2.00 bits per heavy atom. The lowest BCUT2D eigenvalue weighted by Gasteiger charge is -2.18. The zero-order valence-corrected chi connectivity index (χ0v) is 15.6. The fourth-order valence-corrected chi connectivity index (χ4v) is 2.80. The molecule has 1 heterocycles. The van der Waals surface area contributed by atoms with Crippen LogP contribution in [0.1, 0.15) is 68.7 Å². The highest BCUT2D eigenvalue weighted by atomic mass is 16.5. The lowest BCUT2D eigenvalue weighted by molar-refractivity contribution is -0.131. The largest absolute Gasteiger partial charge is 0.374 e. The molecule has 0 aromatic heterocycles. The topological polar surface area (TPSA) is 67.9 Å². The number of rotatable bonds is 12. The molecule has 0 bridgehead atoms. The molecule has 160 valence electrons. The van der Waals surface area contributed by atoms with E-state index in [0.29, 0.717) is 26.0 Å². The van der Waals surface area contributed by atoms with Crippen molar-refractivity contribution in [2.75, 3.05) is 32.8 Å². The monoisotopic (exact) mass is 386 g/mol. The third-order valence-electron chi connectivity index (χ3n) is 4.01. The van der Waals surface area contributed by atoms with Gasteiger partial charge in [0.05, 0.1) is 25.2 Å². The summed E-state index contributed by atoms with van der Waals surface area (Å²) in [7, 11) is 0. The molecular formula is C21H42N2O4. The van der Waals surface area contributed by atoms with Crippen molar-refractivity contribution in [1.29, 1.82) is 0 Å². The summed E-state index contributed by atoms with van der Waals surface area (Å²) in [6, 6.07) is 0. The molecule has 0 spiro atoms. The Kier molecular flexibility index (Phi) is 17.0. The highest BCUT2D eigenvalue weighted by molar-refractivity contribution is 5.76. The number of unbranched alkanes of at least 4 members (excludes halogenated alkanes) is 2. The van der Waals surface area contributed by atoms with Crippen molar-refractivity contribution in [2.24, 2.45) is 0 Å². The van der Waals surface area contributed by atoms with Crippen LogP contribution in [-0.4, -0.2) is 61.8 Å². The first-order chi connectivity index (χ1) is 12.0. The molecule has 0 aromatic rings. The molecule has 0 saturated carbocycles. The van der Waals surface area contributed by atoms with E-state index in [1.54, 1.807) is 0 Å². The van der Waals surface area contributed by atoms with E-state index in [9.17, 15) is 9.59 Å². The average Bonchev–Trinajstić information content (AvgIpc) is 3.02. The number of carbonyl (C=O) groups is 2. The number of carbonyl (C=O) groups excluding carboxylic acids is 2. The number of hydrogen-bond acceptors (Lipinski definition) is 4. The van der Waals surface area contributed by atoms with Crippen LogP contribution in [0.4, 0.5) is 0 Å². The molecule has 0 radical (unpaired) electrons. The molecule has 6 nitrogen and oxygen atoms in total. The van der Waals surface area contributed by atoms with E-state index >= 15 is 0 Å². The van der Waals surface area contributed by atoms with E-state index in [1.807, 2.05) is 18.7 Å². The number of terminal acetylenes is 1. The minimum atomic E-state index is -0.0265. The van der Waals surface area contributed by atoms with Gasteiger partial charge in [0.25, 0.3) is 0 Å². The Bertz CT molecular complexity index is 452. The van der Waals surface area contributed by atoms with E-state index < -0.39 is 0 Å². The maximum Gasteiger partial charge on any atom is 0.222 e. The van der Waals surface area contributed by atoms with Crippen molar-refractivity contribution in [3.8, 4) is 12.3 Å². The van der Waals surface area contributed by atoms with Gasteiger partial charge in [0.2, 0.25) is 11.8 Å². The molecule has 27 heavy (non-hydrogen) atoms. The summed E-state index contributed by atoms with van der Waals surface area (Å²) >= 11 is 0. The van der Waals surface area contributed by atoms with Crippen LogP contribution >= 0.6 is 0 Å². The smallest absolute Gasteiger partial charge is 0.222 e. The van der Waals surface area contributed by atoms with Gasteiger partial charge in [-0.25, -0.2) is 0 Å². The predicted molar refractivity (Wildman–Crippen MR) is 113 cm³/mol. The summed E-state index contributed by atoms with van der Waals surface area (Å²) < 4.78 is 10.8. The Morgan fingerprint density at radius 3 is 2.67 bits per heavy atom. The molecule has 0 aromatic carbocycles. The number of nitrogens with one attached hydrogen (secondary N) is 1. The first kappa shape index (κ1) is 27.6. The first-order valence-corrected chi connectivity index (χ1v) is 9.24. The quantitative estimate of drug-likeness (QED) is 0.413. The number of likely N-dealkylation sites (tertiary alicyclic amines) is 1. The molecule has 0 unspecified atom stereocenters. The van der Waals surface area contributed by atoms with Crippen molar-refractivity contribution in [1.82, 2.24) is 10.2 Å². The van der Waals surface area contributed by atoms with Gasteiger partial charge in [-0.3, -0.25) is 9.59 Å². The van der Waals surface area contributed by atoms with Crippen molar-refractivity contribution in [2.45, 2.75) is 79.4 Å². The van der Waals surface area contributed by atoms with Gasteiger partial charge in [0.1, 0.15) is 6.61 Å². The van der Waals surface area contributed by atoms with Gasteiger partial charge in [0, 0.05) is 27.5 Å². The molecule has 2 amide bonds. The van der Waals surface area contributed by atoms with Gasteiger partial charge in [-0.05, 0) is 33.1 Å². The van der Waals surface area contributed by atoms with Crippen molar-refractivity contribution in [3.63, 3.8) is 0 Å². The average molecular weight is 387 g/mol. The molecule has 6 heteroatoms.